The summed E-state index contributed by atoms with van der Waals surface area (Å²) >= 11 is 0. The van der Waals surface area contributed by atoms with Gasteiger partial charge in [-0.15, -0.1) is 0 Å². The van der Waals surface area contributed by atoms with Gasteiger partial charge >= 0.3 is 0 Å². The van der Waals surface area contributed by atoms with Crippen molar-refractivity contribution < 1.29 is 4.79 Å². The van der Waals surface area contributed by atoms with Gasteiger partial charge in [0.2, 0.25) is 5.91 Å². The summed E-state index contributed by atoms with van der Waals surface area (Å²) in [6.45, 7) is 2.40. The Bertz CT molecular complexity index is 717. The third kappa shape index (κ3) is 2.09. The molecule has 0 saturated carbocycles. The predicted octanol–water partition coefficient (Wildman–Crippen LogP) is 3.40. The first-order valence-corrected chi connectivity index (χ1v) is 6.99. The number of nitriles is 1. The van der Waals surface area contributed by atoms with Gasteiger partial charge < -0.3 is 4.90 Å². The quantitative estimate of drug-likeness (QED) is 0.862. The topological polar surface area (TPSA) is 44.1 Å². The summed E-state index contributed by atoms with van der Waals surface area (Å²) in [7, 11) is 0. The number of anilines is 1. The molecule has 1 atom stereocenters. The van der Waals surface area contributed by atoms with Gasteiger partial charge in [-0.2, -0.15) is 5.26 Å². The Morgan fingerprint density at radius 2 is 1.76 bits per heavy atom. The van der Waals surface area contributed by atoms with Crippen LogP contribution in [-0.4, -0.2) is 5.91 Å². The first kappa shape index (κ1) is 13.4. The van der Waals surface area contributed by atoms with Crippen LogP contribution in [0, 0.1) is 11.3 Å². The van der Waals surface area contributed by atoms with Crippen molar-refractivity contribution in [2.75, 3.05) is 4.90 Å². The molecule has 1 heterocycles. The number of fused-ring (bicyclic) bond motifs is 1. The van der Waals surface area contributed by atoms with Crippen molar-refractivity contribution in [1.82, 2.24) is 0 Å². The van der Waals surface area contributed by atoms with Crippen molar-refractivity contribution in [2.45, 2.75) is 25.3 Å². The second-order valence-electron chi connectivity index (χ2n) is 5.56. The molecule has 21 heavy (non-hydrogen) atoms. The highest BCUT2D eigenvalue weighted by atomic mass is 16.2. The van der Waals surface area contributed by atoms with Crippen LogP contribution < -0.4 is 4.90 Å². The van der Waals surface area contributed by atoms with Crippen molar-refractivity contribution in [2.24, 2.45) is 0 Å². The van der Waals surface area contributed by atoms with Gasteiger partial charge in [0.05, 0.1) is 24.4 Å². The Labute approximate surface area is 124 Å². The fourth-order valence-corrected chi connectivity index (χ4v) is 2.95. The zero-order chi connectivity index (χ0) is 14.9. The Kier molecular flexibility index (Phi) is 3.23. The maximum atomic E-state index is 12.9. The van der Waals surface area contributed by atoms with Gasteiger partial charge in [-0.3, -0.25) is 4.79 Å². The number of carbonyl (C=O) groups excluding carboxylic acids is 1. The molecule has 3 nitrogen and oxygen atoms in total. The van der Waals surface area contributed by atoms with E-state index in [1.165, 1.54) is 0 Å². The largest absolute Gasteiger partial charge is 0.307 e. The second-order valence-corrected chi connectivity index (χ2v) is 5.56. The van der Waals surface area contributed by atoms with Crippen LogP contribution in [-0.2, 0) is 16.8 Å². The van der Waals surface area contributed by atoms with Crippen molar-refractivity contribution in [3.8, 4) is 6.07 Å². The molecule has 0 aliphatic carbocycles. The summed E-state index contributed by atoms with van der Waals surface area (Å²) in [5, 5.41) is 9.09. The second kappa shape index (κ2) is 5.06. The fourth-order valence-electron chi connectivity index (χ4n) is 2.95. The lowest BCUT2D eigenvalue weighted by molar-refractivity contribution is -0.122. The molecule has 1 amide bonds. The van der Waals surface area contributed by atoms with Crippen molar-refractivity contribution in [1.29, 1.82) is 5.26 Å². The SMILES string of the molecule is C[C@@]1(CC#N)C(=O)N(Cc2ccccc2)c2ccccc21. The zero-order valence-electron chi connectivity index (χ0n) is 11.9. The molecule has 0 radical (unpaired) electrons. The van der Waals surface area contributed by atoms with Crippen LogP contribution >= 0.6 is 0 Å². The van der Waals surface area contributed by atoms with Gasteiger partial charge in [-0.1, -0.05) is 48.5 Å². The van der Waals surface area contributed by atoms with E-state index in [2.05, 4.69) is 6.07 Å². The molecule has 2 aromatic rings. The standard InChI is InChI=1S/C18H16N2O/c1-18(11-12-19)15-9-5-6-10-16(15)20(17(18)21)13-14-7-3-2-4-8-14/h2-10H,11,13H2,1H3/t18-/m0/s1. The number of hydrogen-bond acceptors (Lipinski definition) is 2. The Morgan fingerprint density at radius 3 is 2.48 bits per heavy atom. The predicted molar refractivity (Wildman–Crippen MR) is 81.7 cm³/mol. The van der Waals surface area contributed by atoms with E-state index in [0.717, 1.165) is 16.8 Å². The monoisotopic (exact) mass is 276 g/mol. The van der Waals surface area contributed by atoms with Gasteiger partial charge in [0, 0.05) is 5.69 Å². The zero-order valence-corrected chi connectivity index (χ0v) is 11.9. The first-order chi connectivity index (χ1) is 10.2. The average Bonchev–Trinajstić information content (AvgIpc) is 2.72. The molecule has 0 saturated heterocycles. The number of carbonyl (C=O) groups is 1. The first-order valence-electron chi connectivity index (χ1n) is 6.99. The molecule has 0 spiro atoms. The number of hydrogen-bond donors (Lipinski definition) is 0. The molecular weight excluding hydrogens is 260 g/mol. The van der Waals surface area contributed by atoms with E-state index in [4.69, 9.17) is 5.26 Å². The lowest BCUT2D eigenvalue weighted by Crippen LogP contribution is -2.37. The van der Waals surface area contributed by atoms with Crippen LogP contribution in [0.2, 0.25) is 0 Å². The van der Waals surface area contributed by atoms with E-state index in [0.29, 0.717) is 6.54 Å². The Morgan fingerprint density at radius 1 is 1.10 bits per heavy atom. The highest BCUT2D eigenvalue weighted by molar-refractivity contribution is 6.07. The van der Waals surface area contributed by atoms with E-state index < -0.39 is 5.41 Å². The number of benzene rings is 2. The maximum absolute atomic E-state index is 12.9. The summed E-state index contributed by atoms with van der Waals surface area (Å²) < 4.78 is 0. The summed E-state index contributed by atoms with van der Waals surface area (Å²) in [6, 6.07) is 19.8. The van der Waals surface area contributed by atoms with Crippen molar-refractivity contribution in [3.05, 3.63) is 65.7 Å². The molecule has 2 aromatic carbocycles. The lowest BCUT2D eigenvalue weighted by Gasteiger charge is -2.22. The highest BCUT2D eigenvalue weighted by Crippen LogP contribution is 2.44. The summed E-state index contributed by atoms with van der Waals surface area (Å²) in [6.07, 6.45) is 0.203. The van der Waals surface area contributed by atoms with E-state index in [1.54, 1.807) is 4.90 Å². The molecule has 3 rings (SSSR count). The minimum atomic E-state index is -0.736. The third-order valence-electron chi connectivity index (χ3n) is 4.12. The van der Waals surface area contributed by atoms with Gasteiger partial charge in [0.25, 0.3) is 0 Å². The minimum absolute atomic E-state index is 0.00843. The smallest absolute Gasteiger partial charge is 0.238 e. The van der Waals surface area contributed by atoms with Crippen molar-refractivity contribution >= 4 is 11.6 Å². The molecule has 0 N–H and O–H groups in total. The van der Waals surface area contributed by atoms with E-state index >= 15 is 0 Å². The Balaban J connectivity index is 2.03. The third-order valence-corrected chi connectivity index (χ3v) is 4.12. The molecular formula is C18H16N2O. The number of rotatable bonds is 3. The molecule has 3 heteroatoms. The van der Waals surface area contributed by atoms with Crippen LogP contribution in [0.5, 0.6) is 0 Å². The molecule has 1 aliphatic rings. The highest BCUT2D eigenvalue weighted by Gasteiger charge is 2.46. The number of amides is 1. The van der Waals surface area contributed by atoms with Crippen LogP contribution in [0.3, 0.4) is 0 Å². The molecule has 0 unspecified atom stereocenters. The number of para-hydroxylation sites is 1. The van der Waals surface area contributed by atoms with E-state index in [1.807, 2.05) is 61.5 Å². The Hall–Kier alpha value is -2.60. The van der Waals surface area contributed by atoms with Crippen LogP contribution in [0.1, 0.15) is 24.5 Å². The molecule has 0 fully saturated rings. The normalized spacial score (nSPS) is 20.2. The summed E-state index contributed by atoms with van der Waals surface area (Å²) in [5.41, 5.74) is 2.22. The summed E-state index contributed by atoms with van der Waals surface area (Å²) in [5.74, 6) is 0.00843. The van der Waals surface area contributed by atoms with Gasteiger partial charge in [-0.05, 0) is 24.1 Å². The van der Waals surface area contributed by atoms with Crippen LogP contribution in [0.15, 0.2) is 54.6 Å². The van der Waals surface area contributed by atoms with Gasteiger partial charge in [-0.25, -0.2) is 0 Å². The van der Waals surface area contributed by atoms with Crippen LogP contribution in [0.4, 0.5) is 5.69 Å². The maximum Gasteiger partial charge on any atom is 0.238 e. The van der Waals surface area contributed by atoms with E-state index in [-0.39, 0.29) is 12.3 Å². The molecule has 0 aromatic heterocycles. The lowest BCUT2D eigenvalue weighted by atomic mass is 9.81. The van der Waals surface area contributed by atoms with Crippen LogP contribution in [0.25, 0.3) is 0 Å². The summed E-state index contributed by atoms with van der Waals surface area (Å²) in [4.78, 5) is 14.6. The fraction of sp³-hybridized carbons (Fsp3) is 0.222. The minimum Gasteiger partial charge on any atom is -0.307 e. The number of nitrogens with zero attached hydrogens (tertiary/aromatic N) is 2. The van der Waals surface area contributed by atoms with Crippen molar-refractivity contribution in [3.63, 3.8) is 0 Å². The molecule has 0 bridgehead atoms. The van der Waals surface area contributed by atoms with E-state index in [9.17, 15) is 4.79 Å². The molecule has 104 valence electrons. The average molecular weight is 276 g/mol. The molecule has 1 aliphatic heterocycles. The van der Waals surface area contributed by atoms with Gasteiger partial charge in [0.15, 0.2) is 0 Å². The van der Waals surface area contributed by atoms with Gasteiger partial charge in [0.1, 0.15) is 0 Å².